The van der Waals surface area contributed by atoms with Crippen molar-refractivity contribution >= 4 is 0 Å². The van der Waals surface area contributed by atoms with Crippen molar-refractivity contribution in [3.63, 3.8) is 0 Å². The number of hydrogen-bond acceptors (Lipinski definition) is 0. The summed E-state index contributed by atoms with van der Waals surface area (Å²) < 4.78 is 0. The first-order valence-electron chi connectivity index (χ1n) is 6.57. The molecule has 2 aliphatic carbocycles. The summed E-state index contributed by atoms with van der Waals surface area (Å²) in [5.41, 5.74) is 2.31. The Kier molecular flexibility index (Phi) is 2.26. The zero-order chi connectivity index (χ0) is 12.4. The molecule has 0 aliphatic heterocycles. The largest absolute Gasteiger partial charge is 0.103 e. The molecule has 2 fully saturated rings. The third-order valence-corrected chi connectivity index (χ3v) is 6.78. The van der Waals surface area contributed by atoms with Gasteiger partial charge in [0.15, 0.2) is 0 Å². The average Bonchev–Trinajstić information content (AvgIpc) is 2.37. The lowest BCUT2D eigenvalue weighted by Crippen LogP contribution is -2.43. The monoisotopic (exact) mass is 218 g/mol. The number of hydrogen-bond donors (Lipinski definition) is 0. The maximum atomic E-state index is 4.48. The zero-order valence-corrected chi connectivity index (χ0v) is 11.6. The van der Waals surface area contributed by atoms with E-state index in [2.05, 4.69) is 53.9 Å². The molecule has 2 rings (SSSR count). The summed E-state index contributed by atoms with van der Waals surface area (Å²) in [7, 11) is 0. The van der Waals surface area contributed by atoms with Crippen molar-refractivity contribution in [1.82, 2.24) is 0 Å². The van der Waals surface area contributed by atoms with Crippen molar-refractivity contribution < 1.29 is 0 Å². The van der Waals surface area contributed by atoms with E-state index in [1.807, 2.05) is 0 Å². The number of rotatable bonds is 1. The lowest BCUT2D eigenvalue weighted by Gasteiger charge is -2.52. The molecule has 5 atom stereocenters. The van der Waals surface area contributed by atoms with E-state index in [4.69, 9.17) is 0 Å². The Hall–Kier alpha value is -0.520. The van der Waals surface area contributed by atoms with Crippen LogP contribution in [0.4, 0.5) is 0 Å². The minimum absolute atomic E-state index is 0.230. The van der Waals surface area contributed by atoms with Crippen molar-refractivity contribution in [3.8, 4) is 0 Å². The van der Waals surface area contributed by atoms with Crippen molar-refractivity contribution in [3.05, 3.63) is 24.8 Å². The third-order valence-electron chi connectivity index (χ3n) is 6.78. The highest BCUT2D eigenvalue weighted by molar-refractivity contribution is 5.35. The highest BCUT2D eigenvalue weighted by Crippen LogP contribution is 2.72. The van der Waals surface area contributed by atoms with Gasteiger partial charge in [0.05, 0.1) is 0 Å². The van der Waals surface area contributed by atoms with Gasteiger partial charge in [-0.1, -0.05) is 52.8 Å². The Balaban J connectivity index is 2.62. The van der Waals surface area contributed by atoms with Gasteiger partial charge in [0.2, 0.25) is 0 Å². The molecule has 0 aromatic heterocycles. The van der Waals surface area contributed by atoms with Gasteiger partial charge in [-0.05, 0) is 35.5 Å². The topological polar surface area (TPSA) is 0 Å². The van der Waals surface area contributed by atoms with Gasteiger partial charge in [0.25, 0.3) is 0 Å². The number of fused-ring (bicyclic) bond motifs is 2. The molecule has 90 valence electrons. The van der Waals surface area contributed by atoms with Crippen LogP contribution < -0.4 is 0 Å². The van der Waals surface area contributed by atoms with Crippen molar-refractivity contribution in [2.24, 2.45) is 28.1 Å². The molecular weight excluding hydrogens is 192 g/mol. The first kappa shape index (κ1) is 12.0. The van der Waals surface area contributed by atoms with Crippen molar-refractivity contribution in [2.75, 3.05) is 0 Å². The molecule has 16 heavy (non-hydrogen) atoms. The summed E-state index contributed by atoms with van der Waals surface area (Å²) >= 11 is 0. The normalized spacial score (nSPS) is 56.4. The molecule has 2 bridgehead atoms. The minimum atomic E-state index is 0.230. The molecular formula is C16H26. The van der Waals surface area contributed by atoms with Crippen LogP contribution >= 0.6 is 0 Å². The standard InChI is InChI=1S/C16H26/c1-8-14(5)9-10-15(6)11(2)12(3)16(14,7)13(15)4/h8,11-12H,1,4,9-10H2,2-3,5-7H3/t11-,12-,14-,15+,16-/m1/s1. The van der Waals surface area contributed by atoms with Gasteiger partial charge in [-0.2, -0.15) is 0 Å². The highest BCUT2D eigenvalue weighted by Gasteiger charge is 2.64. The highest BCUT2D eigenvalue weighted by atomic mass is 14.7. The Bertz CT molecular complexity index is 353. The minimum Gasteiger partial charge on any atom is -0.103 e. The average molecular weight is 218 g/mol. The van der Waals surface area contributed by atoms with E-state index in [9.17, 15) is 0 Å². The van der Waals surface area contributed by atoms with Gasteiger partial charge in [-0.15, -0.1) is 6.58 Å². The van der Waals surface area contributed by atoms with E-state index >= 15 is 0 Å². The van der Waals surface area contributed by atoms with E-state index in [0.717, 1.165) is 5.92 Å². The Labute approximate surface area is 101 Å². The predicted molar refractivity (Wildman–Crippen MR) is 71.2 cm³/mol. The van der Waals surface area contributed by atoms with Gasteiger partial charge >= 0.3 is 0 Å². The Morgan fingerprint density at radius 2 is 1.69 bits per heavy atom. The maximum Gasteiger partial charge on any atom is 0.000305 e. The van der Waals surface area contributed by atoms with Crippen LogP contribution in [0.5, 0.6) is 0 Å². The second-order valence-electron chi connectivity index (χ2n) is 6.80. The summed E-state index contributed by atoms with van der Waals surface area (Å²) in [4.78, 5) is 0. The van der Waals surface area contributed by atoms with E-state index in [-0.39, 0.29) is 10.8 Å². The van der Waals surface area contributed by atoms with Gasteiger partial charge in [-0.3, -0.25) is 0 Å². The van der Waals surface area contributed by atoms with E-state index in [0.29, 0.717) is 11.3 Å². The van der Waals surface area contributed by atoms with Crippen LogP contribution in [-0.2, 0) is 0 Å². The van der Waals surface area contributed by atoms with Gasteiger partial charge in [-0.25, -0.2) is 0 Å². The fourth-order valence-corrected chi connectivity index (χ4v) is 4.53. The summed E-state index contributed by atoms with van der Waals surface area (Å²) in [6.45, 7) is 20.6. The van der Waals surface area contributed by atoms with Crippen LogP contribution in [-0.4, -0.2) is 0 Å². The van der Waals surface area contributed by atoms with E-state index < -0.39 is 0 Å². The summed E-state index contributed by atoms with van der Waals surface area (Å²) in [5.74, 6) is 1.45. The lowest BCUT2D eigenvalue weighted by molar-refractivity contribution is 0.0868. The fourth-order valence-electron chi connectivity index (χ4n) is 4.53. The Morgan fingerprint density at radius 3 is 2.19 bits per heavy atom. The molecule has 0 aromatic carbocycles. The first-order valence-corrected chi connectivity index (χ1v) is 6.57. The molecule has 0 heterocycles. The van der Waals surface area contributed by atoms with Crippen LogP contribution in [0.1, 0.15) is 47.5 Å². The van der Waals surface area contributed by atoms with Gasteiger partial charge in [0.1, 0.15) is 0 Å². The van der Waals surface area contributed by atoms with Crippen molar-refractivity contribution in [1.29, 1.82) is 0 Å². The van der Waals surface area contributed by atoms with Gasteiger partial charge in [0, 0.05) is 5.41 Å². The molecule has 0 amide bonds. The van der Waals surface area contributed by atoms with Crippen LogP contribution in [0.2, 0.25) is 0 Å². The molecule has 2 saturated carbocycles. The first-order chi connectivity index (χ1) is 7.24. The molecule has 0 nitrogen and oxygen atoms in total. The lowest BCUT2D eigenvalue weighted by atomic mass is 9.52. The number of allylic oxidation sites excluding steroid dienone is 2. The predicted octanol–water partition coefficient (Wildman–Crippen LogP) is 4.83. The summed E-state index contributed by atoms with van der Waals surface area (Å²) in [5, 5.41) is 0. The maximum absolute atomic E-state index is 4.48. The smallest absolute Gasteiger partial charge is 0.000305 e. The summed E-state index contributed by atoms with van der Waals surface area (Å²) in [6, 6.07) is 0. The van der Waals surface area contributed by atoms with Crippen molar-refractivity contribution in [2.45, 2.75) is 47.5 Å². The van der Waals surface area contributed by atoms with Crippen LogP contribution in [0.3, 0.4) is 0 Å². The second-order valence-corrected chi connectivity index (χ2v) is 6.80. The quantitative estimate of drug-likeness (QED) is 0.553. The Morgan fingerprint density at radius 1 is 1.12 bits per heavy atom. The molecule has 2 aliphatic rings. The molecule has 0 radical (unpaired) electrons. The third kappa shape index (κ3) is 0.972. The van der Waals surface area contributed by atoms with E-state index in [1.165, 1.54) is 18.4 Å². The zero-order valence-electron chi connectivity index (χ0n) is 11.6. The molecule has 0 unspecified atom stereocenters. The second kappa shape index (κ2) is 3.03. The van der Waals surface area contributed by atoms with E-state index in [1.54, 1.807) is 0 Å². The SMILES string of the molecule is C=C[C@]1(C)CC[C@]2(C)C(=C)[C@@]1(C)[C@H](C)[C@H]2C. The molecule has 0 saturated heterocycles. The van der Waals surface area contributed by atoms with Crippen LogP contribution in [0.25, 0.3) is 0 Å². The molecule has 0 N–H and O–H groups in total. The molecule has 0 spiro atoms. The van der Waals surface area contributed by atoms with Crippen LogP contribution in [0.15, 0.2) is 24.8 Å². The van der Waals surface area contributed by atoms with Gasteiger partial charge < -0.3 is 0 Å². The molecule has 0 aromatic rings. The summed E-state index contributed by atoms with van der Waals surface area (Å²) in [6.07, 6.45) is 4.72. The van der Waals surface area contributed by atoms with Crippen LogP contribution in [0, 0.1) is 28.1 Å². The fraction of sp³-hybridized carbons (Fsp3) is 0.750. The molecule has 0 heteroatoms.